The zero-order valence-electron chi connectivity index (χ0n) is 17.0. The van der Waals surface area contributed by atoms with Gasteiger partial charge in [0.15, 0.2) is 17.3 Å². The number of anilines is 1. The quantitative estimate of drug-likeness (QED) is 0.591. The molecule has 0 saturated carbocycles. The van der Waals surface area contributed by atoms with Crippen LogP contribution >= 0.6 is 0 Å². The van der Waals surface area contributed by atoms with Gasteiger partial charge in [-0.2, -0.15) is 5.10 Å². The molecule has 2 aromatic heterocycles. The van der Waals surface area contributed by atoms with Crippen LogP contribution in [0.15, 0.2) is 30.5 Å². The van der Waals surface area contributed by atoms with E-state index in [2.05, 4.69) is 51.2 Å². The van der Waals surface area contributed by atoms with Crippen LogP contribution in [-0.4, -0.2) is 43.5 Å². The molecule has 7 heteroatoms. The van der Waals surface area contributed by atoms with Crippen molar-refractivity contribution in [3.05, 3.63) is 47.4 Å². The molecule has 0 atom stereocenters. The standard InChI is InChI=1S/C22H28N6O/c1-2-3-6-19(29)21-25-20(23)18-13-24-28(22(18)26-21)15-17-9-7-16(8-10-17)14-27-11-4-5-12-27/h7-10,13H,2-6,11-12,14-15H2,1H3,(H2,23,25,26). The van der Waals surface area contributed by atoms with E-state index >= 15 is 0 Å². The molecule has 3 heterocycles. The third-order valence-corrected chi connectivity index (χ3v) is 5.49. The summed E-state index contributed by atoms with van der Waals surface area (Å²) in [5, 5.41) is 5.12. The number of likely N-dealkylation sites (tertiary alicyclic amines) is 1. The van der Waals surface area contributed by atoms with E-state index < -0.39 is 0 Å². The zero-order chi connectivity index (χ0) is 20.2. The van der Waals surface area contributed by atoms with Gasteiger partial charge in [0.1, 0.15) is 5.82 Å². The number of ketones is 1. The van der Waals surface area contributed by atoms with Gasteiger partial charge >= 0.3 is 0 Å². The second kappa shape index (κ2) is 8.69. The summed E-state index contributed by atoms with van der Waals surface area (Å²) in [5.74, 6) is 0.424. The minimum Gasteiger partial charge on any atom is -0.383 e. The fourth-order valence-electron chi connectivity index (χ4n) is 3.79. The molecule has 1 aromatic carbocycles. The van der Waals surface area contributed by atoms with Crippen LogP contribution in [0.5, 0.6) is 0 Å². The second-order valence-corrected chi connectivity index (χ2v) is 7.80. The molecule has 3 aromatic rings. The maximum atomic E-state index is 12.4. The van der Waals surface area contributed by atoms with E-state index in [0.29, 0.717) is 29.8 Å². The number of nitrogen functional groups attached to an aromatic ring is 1. The van der Waals surface area contributed by atoms with E-state index in [1.165, 1.54) is 31.5 Å². The van der Waals surface area contributed by atoms with Crippen LogP contribution in [0.4, 0.5) is 5.82 Å². The number of nitrogens with zero attached hydrogens (tertiary/aromatic N) is 5. The number of carbonyl (C=O) groups is 1. The third-order valence-electron chi connectivity index (χ3n) is 5.49. The van der Waals surface area contributed by atoms with Crippen molar-refractivity contribution in [2.75, 3.05) is 18.8 Å². The molecule has 7 nitrogen and oxygen atoms in total. The minimum absolute atomic E-state index is 0.0699. The minimum atomic E-state index is -0.0699. The lowest BCUT2D eigenvalue weighted by Crippen LogP contribution is -2.18. The first-order valence-electron chi connectivity index (χ1n) is 10.5. The number of nitrogens with two attached hydrogens (primary N) is 1. The number of aromatic nitrogens is 4. The summed E-state index contributed by atoms with van der Waals surface area (Å²) >= 11 is 0. The summed E-state index contributed by atoms with van der Waals surface area (Å²) in [6.45, 7) is 6.03. The first kappa shape index (κ1) is 19.5. The smallest absolute Gasteiger partial charge is 0.200 e. The summed E-state index contributed by atoms with van der Waals surface area (Å²) in [7, 11) is 0. The monoisotopic (exact) mass is 392 g/mol. The average molecular weight is 393 g/mol. The molecule has 29 heavy (non-hydrogen) atoms. The molecule has 1 aliphatic heterocycles. The van der Waals surface area contributed by atoms with E-state index in [9.17, 15) is 4.79 Å². The largest absolute Gasteiger partial charge is 0.383 e. The predicted octanol–water partition coefficient (Wildman–Crippen LogP) is 3.43. The van der Waals surface area contributed by atoms with Gasteiger partial charge in [-0.25, -0.2) is 14.6 Å². The number of unbranched alkanes of at least 4 members (excludes halogenated alkanes) is 1. The molecule has 1 fully saturated rings. The van der Waals surface area contributed by atoms with Crippen LogP contribution in [0.2, 0.25) is 0 Å². The summed E-state index contributed by atoms with van der Waals surface area (Å²) in [5.41, 5.74) is 9.14. The van der Waals surface area contributed by atoms with Crippen molar-refractivity contribution in [3.63, 3.8) is 0 Å². The van der Waals surface area contributed by atoms with Gasteiger partial charge in [-0.15, -0.1) is 0 Å². The fraction of sp³-hybridized carbons (Fsp3) is 0.455. The van der Waals surface area contributed by atoms with Crippen LogP contribution in [0, 0.1) is 0 Å². The Morgan fingerprint density at radius 3 is 2.45 bits per heavy atom. The molecule has 2 N–H and O–H groups in total. The predicted molar refractivity (Wildman–Crippen MR) is 114 cm³/mol. The number of rotatable bonds is 8. The maximum Gasteiger partial charge on any atom is 0.200 e. The van der Waals surface area contributed by atoms with Crippen molar-refractivity contribution in [2.45, 2.75) is 52.1 Å². The topological polar surface area (TPSA) is 89.9 Å². The number of hydrogen-bond acceptors (Lipinski definition) is 6. The van der Waals surface area contributed by atoms with Gasteiger partial charge in [0.2, 0.25) is 0 Å². The van der Waals surface area contributed by atoms with E-state index in [4.69, 9.17) is 5.73 Å². The lowest BCUT2D eigenvalue weighted by molar-refractivity contribution is 0.0970. The Morgan fingerprint density at radius 1 is 1.07 bits per heavy atom. The Bertz CT molecular complexity index is 988. The van der Waals surface area contributed by atoms with E-state index in [-0.39, 0.29) is 11.6 Å². The number of Topliss-reactive ketones (excluding diaryl/α,β-unsaturated/α-hetero) is 1. The highest BCUT2D eigenvalue weighted by atomic mass is 16.1. The highest BCUT2D eigenvalue weighted by molar-refractivity contribution is 5.96. The van der Waals surface area contributed by atoms with Gasteiger partial charge in [0.25, 0.3) is 0 Å². The Morgan fingerprint density at radius 2 is 1.76 bits per heavy atom. The van der Waals surface area contributed by atoms with E-state index in [1.54, 1.807) is 10.9 Å². The van der Waals surface area contributed by atoms with Gasteiger partial charge in [0, 0.05) is 13.0 Å². The molecule has 152 valence electrons. The van der Waals surface area contributed by atoms with Gasteiger partial charge in [0.05, 0.1) is 18.1 Å². The van der Waals surface area contributed by atoms with Crippen LogP contribution in [0.3, 0.4) is 0 Å². The van der Waals surface area contributed by atoms with Crippen molar-refractivity contribution in [1.82, 2.24) is 24.6 Å². The summed E-state index contributed by atoms with van der Waals surface area (Å²) in [4.78, 5) is 23.5. The molecule has 0 bridgehead atoms. The van der Waals surface area contributed by atoms with Crippen LogP contribution < -0.4 is 5.73 Å². The number of hydrogen-bond donors (Lipinski definition) is 1. The molecule has 0 amide bonds. The molecule has 1 saturated heterocycles. The fourth-order valence-corrected chi connectivity index (χ4v) is 3.79. The molecule has 0 aliphatic carbocycles. The van der Waals surface area contributed by atoms with Crippen LogP contribution in [0.25, 0.3) is 11.0 Å². The molecule has 0 radical (unpaired) electrons. The first-order chi connectivity index (χ1) is 14.1. The van der Waals surface area contributed by atoms with Gasteiger partial charge in [-0.1, -0.05) is 37.6 Å². The summed E-state index contributed by atoms with van der Waals surface area (Å²) < 4.78 is 1.79. The van der Waals surface area contributed by atoms with Crippen molar-refractivity contribution in [3.8, 4) is 0 Å². The first-order valence-corrected chi connectivity index (χ1v) is 10.5. The number of fused-ring (bicyclic) bond motifs is 1. The zero-order valence-corrected chi connectivity index (χ0v) is 17.0. The highest BCUT2D eigenvalue weighted by Gasteiger charge is 2.16. The summed E-state index contributed by atoms with van der Waals surface area (Å²) in [6.07, 6.45) is 6.50. The summed E-state index contributed by atoms with van der Waals surface area (Å²) in [6, 6.07) is 8.64. The molecule has 1 aliphatic rings. The molecule has 0 spiro atoms. The highest BCUT2D eigenvalue weighted by Crippen LogP contribution is 2.20. The second-order valence-electron chi connectivity index (χ2n) is 7.80. The van der Waals surface area contributed by atoms with Crippen molar-refractivity contribution < 1.29 is 4.79 Å². The Kier molecular flexibility index (Phi) is 5.85. The average Bonchev–Trinajstić information content (AvgIpc) is 3.38. The van der Waals surface area contributed by atoms with Gasteiger partial charge in [-0.05, 0) is 43.5 Å². The van der Waals surface area contributed by atoms with Crippen molar-refractivity contribution in [1.29, 1.82) is 0 Å². The Labute approximate surface area is 170 Å². The van der Waals surface area contributed by atoms with E-state index in [1.807, 2.05) is 0 Å². The molecule has 0 unspecified atom stereocenters. The Balaban J connectivity index is 1.52. The van der Waals surface area contributed by atoms with Crippen molar-refractivity contribution >= 4 is 22.6 Å². The van der Waals surface area contributed by atoms with Gasteiger partial charge in [-0.3, -0.25) is 9.69 Å². The lowest BCUT2D eigenvalue weighted by atomic mass is 10.1. The SMILES string of the molecule is CCCCC(=O)c1nc(N)c2cnn(Cc3ccc(CN4CCCC4)cc3)c2n1. The van der Waals surface area contributed by atoms with Crippen molar-refractivity contribution in [2.24, 2.45) is 0 Å². The van der Waals surface area contributed by atoms with Crippen LogP contribution in [0.1, 0.15) is 60.8 Å². The lowest BCUT2D eigenvalue weighted by Gasteiger charge is -2.14. The third kappa shape index (κ3) is 4.45. The molecular weight excluding hydrogens is 364 g/mol. The van der Waals surface area contributed by atoms with Crippen LogP contribution in [-0.2, 0) is 13.1 Å². The Hall–Kier alpha value is -2.80. The number of benzene rings is 1. The molecule has 4 rings (SSSR count). The van der Waals surface area contributed by atoms with Gasteiger partial charge < -0.3 is 5.73 Å². The molecular formula is C22H28N6O. The maximum absolute atomic E-state index is 12.4. The number of carbonyl (C=O) groups excluding carboxylic acids is 1. The normalized spacial score (nSPS) is 14.7. The van der Waals surface area contributed by atoms with E-state index in [0.717, 1.165) is 24.9 Å².